The summed E-state index contributed by atoms with van der Waals surface area (Å²) in [5, 5.41) is 20.7. The van der Waals surface area contributed by atoms with Gasteiger partial charge in [0.05, 0.1) is 0 Å². The van der Waals surface area contributed by atoms with Crippen LogP contribution in [0.1, 0.15) is 98.6 Å². The molecule has 0 saturated carbocycles. The van der Waals surface area contributed by atoms with Gasteiger partial charge in [-0.3, -0.25) is 0 Å². The van der Waals surface area contributed by atoms with Crippen LogP contribution in [0.2, 0.25) is 0 Å². The molecule has 0 unspecified atom stereocenters. The molecular formula is C24H34O2. The number of phenols is 2. The number of hydrogen-bond acceptors (Lipinski definition) is 2. The molecule has 2 N–H and O–H groups in total. The normalized spacial score (nSPS) is 11.8. The zero-order valence-corrected chi connectivity index (χ0v) is 17.4. The van der Waals surface area contributed by atoms with Gasteiger partial charge in [-0.25, -0.2) is 0 Å². The zero-order chi connectivity index (χ0) is 19.6. The van der Waals surface area contributed by atoms with E-state index in [2.05, 4.69) is 60.6 Å². The van der Waals surface area contributed by atoms with E-state index >= 15 is 0 Å². The number of benzene rings is 2. The Balaban J connectivity index is 2.68. The summed E-state index contributed by atoms with van der Waals surface area (Å²) in [6.45, 7) is 14.8. The molecule has 2 heteroatoms. The Bertz CT molecular complexity index is 709. The first-order chi connectivity index (χ1) is 12.2. The van der Waals surface area contributed by atoms with E-state index in [0.717, 1.165) is 35.1 Å². The molecule has 0 aliphatic carbocycles. The zero-order valence-electron chi connectivity index (χ0n) is 17.4. The molecule has 0 fully saturated rings. The van der Waals surface area contributed by atoms with E-state index in [1.54, 1.807) is 0 Å². The van der Waals surface area contributed by atoms with Crippen molar-refractivity contribution in [2.24, 2.45) is 0 Å². The van der Waals surface area contributed by atoms with E-state index in [0.29, 0.717) is 11.5 Å². The number of hydrogen-bond donors (Lipinski definition) is 2. The first kappa shape index (κ1) is 20.4. The van der Waals surface area contributed by atoms with Crippen molar-refractivity contribution in [3.63, 3.8) is 0 Å². The van der Waals surface area contributed by atoms with Gasteiger partial charge in [0.15, 0.2) is 0 Å². The lowest BCUT2D eigenvalue weighted by Gasteiger charge is -2.25. The van der Waals surface area contributed by atoms with Gasteiger partial charge in [-0.2, -0.15) is 0 Å². The van der Waals surface area contributed by atoms with Crippen molar-refractivity contribution in [3.8, 4) is 11.5 Å². The Morgan fingerprint density at radius 3 is 1.38 bits per heavy atom. The average Bonchev–Trinajstić information content (AvgIpc) is 2.53. The summed E-state index contributed by atoms with van der Waals surface area (Å²) in [7, 11) is 0. The van der Waals surface area contributed by atoms with Crippen LogP contribution in [-0.4, -0.2) is 10.2 Å². The first-order valence-corrected chi connectivity index (χ1v) is 9.84. The van der Waals surface area contributed by atoms with Gasteiger partial charge in [-0.05, 0) is 77.6 Å². The van der Waals surface area contributed by atoms with E-state index in [1.165, 1.54) is 11.1 Å². The fourth-order valence-corrected chi connectivity index (χ4v) is 3.90. The van der Waals surface area contributed by atoms with Gasteiger partial charge in [0.1, 0.15) is 11.5 Å². The molecule has 26 heavy (non-hydrogen) atoms. The maximum Gasteiger partial charge on any atom is 0.119 e. The number of aryl methyl sites for hydroxylation is 2. The second-order valence-corrected chi connectivity index (χ2v) is 8.19. The molecule has 142 valence electrons. The molecule has 0 atom stereocenters. The molecular weight excluding hydrogens is 320 g/mol. The lowest BCUT2D eigenvalue weighted by molar-refractivity contribution is 0.463. The molecule has 2 aromatic rings. The summed E-state index contributed by atoms with van der Waals surface area (Å²) in [6.07, 6.45) is 2.13. The van der Waals surface area contributed by atoms with Gasteiger partial charge < -0.3 is 10.2 Å². The Kier molecular flexibility index (Phi) is 6.39. The van der Waals surface area contributed by atoms with Crippen LogP contribution < -0.4 is 0 Å². The maximum atomic E-state index is 10.3. The van der Waals surface area contributed by atoms with Crippen molar-refractivity contribution >= 4 is 0 Å². The van der Waals surface area contributed by atoms with Crippen molar-refractivity contribution < 1.29 is 10.2 Å². The highest BCUT2D eigenvalue weighted by Crippen LogP contribution is 2.40. The van der Waals surface area contributed by atoms with Crippen LogP contribution in [0.25, 0.3) is 0 Å². The summed E-state index contributed by atoms with van der Waals surface area (Å²) in [5.41, 5.74) is 6.85. The summed E-state index contributed by atoms with van der Waals surface area (Å²) >= 11 is 0. The SMILES string of the molecule is CCCC(c1cc(C(C)C)c(O)cc1C)c1cc(C(C)C)c(O)cc1C. The molecule has 2 rings (SSSR count). The van der Waals surface area contributed by atoms with Crippen molar-refractivity contribution in [2.45, 2.75) is 79.1 Å². The predicted molar refractivity (Wildman–Crippen MR) is 111 cm³/mol. The topological polar surface area (TPSA) is 40.5 Å². The summed E-state index contributed by atoms with van der Waals surface area (Å²) in [5.74, 6) is 1.62. The molecule has 0 spiro atoms. The van der Waals surface area contributed by atoms with Crippen LogP contribution in [0.4, 0.5) is 0 Å². The van der Waals surface area contributed by atoms with Crippen LogP contribution in [-0.2, 0) is 0 Å². The summed E-state index contributed by atoms with van der Waals surface area (Å²) < 4.78 is 0. The third-order valence-electron chi connectivity index (χ3n) is 5.40. The molecule has 2 aromatic carbocycles. The van der Waals surface area contributed by atoms with E-state index in [9.17, 15) is 10.2 Å². The second kappa shape index (κ2) is 8.16. The van der Waals surface area contributed by atoms with Crippen LogP contribution in [0.15, 0.2) is 24.3 Å². The molecule has 0 bridgehead atoms. The fourth-order valence-electron chi connectivity index (χ4n) is 3.90. The Labute approximate surface area is 158 Å². The van der Waals surface area contributed by atoms with E-state index in [1.807, 2.05) is 12.1 Å². The second-order valence-electron chi connectivity index (χ2n) is 8.19. The van der Waals surface area contributed by atoms with Gasteiger partial charge >= 0.3 is 0 Å². The third-order valence-corrected chi connectivity index (χ3v) is 5.40. The maximum absolute atomic E-state index is 10.3. The minimum absolute atomic E-state index is 0.274. The van der Waals surface area contributed by atoms with E-state index in [-0.39, 0.29) is 17.8 Å². The Morgan fingerprint density at radius 2 is 1.08 bits per heavy atom. The van der Waals surface area contributed by atoms with Crippen molar-refractivity contribution in [1.82, 2.24) is 0 Å². The molecule has 0 heterocycles. The van der Waals surface area contributed by atoms with Crippen molar-refractivity contribution in [1.29, 1.82) is 0 Å². The number of rotatable bonds is 6. The lowest BCUT2D eigenvalue weighted by atomic mass is 9.80. The predicted octanol–water partition coefficient (Wildman–Crippen LogP) is 6.89. The molecule has 0 aromatic heterocycles. The highest BCUT2D eigenvalue weighted by atomic mass is 16.3. The molecule has 0 aliphatic heterocycles. The van der Waals surface area contributed by atoms with Crippen LogP contribution in [0.5, 0.6) is 11.5 Å². The first-order valence-electron chi connectivity index (χ1n) is 9.84. The van der Waals surface area contributed by atoms with Gasteiger partial charge in [-0.15, -0.1) is 0 Å². The van der Waals surface area contributed by atoms with Gasteiger partial charge in [0.2, 0.25) is 0 Å². The third kappa shape index (κ3) is 4.06. The molecule has 0 radical (unpaired) electrons. The molecule has 2 nitrogen and oxygen atoms in total. The smallest absolute Gasteiger partial charge is 0.119 e. The molecule has 0 saturated heterocycles. The van der Waals surface area contributed by atoms with Crippen molar-refractivity contribution in [2.75, 3.05) is 0 Å². The Morgan fingerprint density at radius 1 is 0.692 bits per heavy atom. The average molecular weight is 355 g/mol. The highest BCUT2D eigenvalue weighted by Gasteiger charge is 2.22. The van der Waals surface area contributed by atoms with Gasteiger partial charge in [0, 0.05) is 5.92 Å². The minimum Gasteiger partial charge on any atom is -0.508 e. The van der Waals surface area contributed by atoms with E-state index < -0.39 is 0 Å². The van der Waals surface area contributed by atoms with E-state index in [4.69, 9.17) is 0 Å². The summed E-state index contributed by atoms with van der Waals surface area (Å²) in [6, 6.07) is 8.20. The highest BCUT2D eigenvalue weighted by molar-refractivity contribution is 5.51. The lowest BCUT2D eigenvalue weighted by Crippen LogP contribution is -2.08. The fraction of sp³-hybridized carbons (Fsp3) is 0.500. The molecule has 0 aliphatic rings. The molecule has 0 amide bonds. The summed E-state index contributed by atoms with van der Waals surface area (Å²) in [4.78, 5) is 0. The Hall–Kier alpha value is -1.96. The van der Waals surface area contributed by atoms with Crippen LogP contribution in [0, 0.1) is 13.8 Å². The van der Waals surface area contributed by atoms with Crippen molar-refractivity contribution in [3.05, 3.63) is 57.6 Å². The van der Waals surface area contributed by atoms with Crippen LogP contribution >= 0.6 is 0 Å². The monoisotopic (exact) mass is 354 g/mol. The number of phenolic OH excluding ortho intramolecular Hbond substituents is 2. The largest absolute Gasteiger partial charge is 0.508 e. The van der Waals surface area contributed by atoms with Gasteiger partial charge in [-0.1, -0.05) is 53.2 Å². The standard InChI is InChI=1S/C24H34O2/c1-8-9-18(21-12-19(14(2)3)23(25)10-16(21)6)22-13-20(15(4)5)24(26)11-17(22)7/h10-15,18,25-26H,8-9H2,1-7H3. The van der Waals surface area contributed by atoms with Crippen LogP contribution in [0.3, 0.4) is 0 Å². The van der Waals surface area contributed by atoms with Gasteiger partial charge in [0.25, 0.3) is 0 Å². The minimum atomic E-state index is 0.274. The number of aromatic hydroxyl groups is 2. The quantitative estimate of drug-likeness (QED) is 0.592.